The van der Waals surface area contributed by atoms with Crippen molar-refractivity contribution in [1.82, 2.24) is 19.4 Å². The largest absolute Gasteiger partial charge is 0.419 e. The number of aromatic nitrogens is 2. The molecule has 0 aliphatic heterocycles. The van der Waals surface area contributed by atoms with Gasteiger partial charge in [0.25, 0.3) is 5.91 Å². The van der Waals surface area contributed by atoms with Gasteiger partial charge in [0, 0.05) is 25.7 Å². The summed E-state index contributed by atoms with van der Waals surface area (Å²) < 4.78 is 31.4. The van der Waals surface area contributed by atoms with Crippen molar-refractivity contribution in [3.63, 3.8) is 0 Å². The van der Waals surface area contributed by atoms with Gasteiger partial charge < -0.3 is 9.32 Å². The number of hydrogen-bond acceptors (Lipinski definition) is 6. The van der Waals surface area contributed by atoms with E-state index in [0.717, 1.165) is 17.1 Å². The molecule has 4 rings (SSSR count). The highest BCUT2D eigenvalue weighted by molar-refractivity contribution is 7.89. The molecule has 0 spiro atoms. The molecule has 8 nitrogen and oxygen atoms in total. The predicted octanol–water partition coefficient (Wildman–Crippen LogP) is 3.45. The quantitative estimate of drug-likeness (QED) is 0.535. The van der Waals surface area contributed by atoms with Gasteiger partial charge in [-0.1, -0.05) is 23.7 Å². The van der Waals surface area contributed by atoms with E-state index < -0.39 is 10.0 Å². The first-order chi connectivity index (χ1) is 14.8. The second-order valence-corrected chi connectivity index (χ2v) is 10.0. The summed E-state index contributed by atoms with van der Waals surface area (Å²) in [5.74, 6) is 0.387. The van der Waals surface area contributed by atoms with Gasteiger partial charge >= 0.3 is 0 Å². The van der Waals surface area contributed by atoms with E-state index in [-0.39, 0.29) is 23.4 Å². The fourth-order valence-corrected chi connectivity index (χ4v) is 4.22. The lowest BCUT2D eigenvalue weighted by molar-refractivity contribution is 0.0714. The molecule has 0 bridgehead atoms. The Morgan fingerprint density at radius 1 is 1.10 bits per heavy atom. The number of sulfonamides is 1. The van der Waals surface area contributed by atoms with Gasteiger partial charge in [0.1, 0.15) is 0 Å². The molecule has 1 heterocycles. The zero-order valence-corrected chi connectivity index (χ0v) is 18.6. The minimum atomic E-state index is -3.55. The number of halogens is 1. The van der Waals surface area contributed by atoms with Crippen molar-refractivity contribution < 1.29 is 17.6 Å². The van der Waals surface area contributed by atoms with Gasteiger partial charge in [0.15, 0.2) is 0 Å². The molecule has 1 aliphatic rings. The maximum Gasteiger partial charge on any atom is 0.254 e. The Kier molecular flexibility index (Phi) is 5.83. The Labute approximate surface area is 185 Å². The fraction of sp³-hybridized carbons (Fsp3) is 0.286. The minimum absolute atomic E-state index is 0.0911. The number of amides is 1. The molecule has 1 aromatic heterocycles. The highest BCUT2D eigenvalue weighted by atomic mass is 35.5. The second-order valence-electron chi connectivity index (χ2n) is 7.46. The lowest BCUT2D eigenvalue weighted by Crippen LogP contribution is -2.32. The monoisotopic (exact) mass is 460 g/mol. The van der Waals surface area contributed by atoms with Gasteiger partial charge in [0.2, 0.25) is 21.8 Å². The van der Waals surface area contributed by atoms with Crippen LogP contribution in [-0.2, 0) is 16.6 Å². The average Bonchev–Trinajstić information content (AvgIpc) is 3.50. The smallest absolute Gasteiger partial charge is 0.254 e. The summed E-state index contributed by atoms with van der Waals surface area (Å²) in [4.78, 5) is 14.9. The van der Waals surface area contributed by atoms with Gasteiger partial charge in [0.05, 0.1) is 22.0 Å². The normalized spacial score (nSPS) is 14.1. The highest BCUT2D eigenvalue weighted by Crippen LogP contribution is 2.31. The van der Waals surface area contributed by atoms with E-state index in [2.05, 4.69) is 10.2 Å². The van der Waals surface area contributed by atoms with Crippen molar-refractivity contribution in [2.24, 2.45) is 0 Å². The van der Waals surface area contributed by atoms with Gasteiger partial charge in [-0.05, 0) is 49.2 Å². The average molecular weight is 461 g/mol. The predicted molar refractivity (Wildman–Crippen MR) is 115 cm³/mol. The van der Waals surface area contributed by atoms with E-state index in [4.69, 9.17) is 16.0 Å². The maximum absolute atomic E-state index is 13.1. The Morgan fingerprint density at radius 2 is 1.77 bits per heavy atom. The molecular weight excluding hydrogens is 440 g/mol. The van der Waals surface area contributed by atoms with Crippen molar-refractivity contribution in [1.29, 1.82) is 0 Å². The van der Waals surface area contributed by atoms with Crippen LogP contribution in [0.25, 0.3) is 11.5 Å². The van der Waals surface area contributed by atoms with Crippen molar-refractivity contribution >= 4 is 27.5 Å². The molecule has 1 saturated carbocycles. The van der Waals surface area contributed by atoms with Gasteiger partial charge in [-0.25, -0.2) is 12.7 Å². The first kappa shape index (κ1) is 21.5. The molecule has 0 unspecified atom stereocenters. The van der Waals surface area contributed by atoms with Gasteiger partial charge in [-0.15, -0.1) is 10.2 Å². The Balaban J connectivity index is 1.54. The third kappa shape index (κ3) is 4.48. The van der Waals surface area contributed by atoms with Crippen LogP contribution in [-0.4, -0.2) is 53.9 Å². The van der Waals surface area contributed by atoms with Crippen LogP contribution in [0, 0.1) is 0 Å². The molecule has 1 amide bonds. The number of carbonyl (C=O) groups is 1. The van der Waals surface area contributed by atoms with E-state index in [9.17, 15) is 13.2 Å². The van der Waals surface area contributed by atoms with Crippen LogP contribution in [0.5, 0.6) is 0 Å². The Bertz CT molecular complexity index is 1200. The van der Waals surface area contributed by atoms with Crippen LogP contribution in [0.2, 0.25) is 5.02 Å². The molecule has 0 atom stereocenters. The van der Waals surface area contributed by atoms with Crippen LogP contribution in [0.1, 0.15) is 29.1 Å². The summed E-state index contributed by atoms with van der Waals surface area (Å²) in [6.07, 6.45) is 1.79. The Morgan fingerprint density at radius 3 is 2.39 bits per heavy atom. The topological polar surface area (TPSA) is 96.6 Å². The summed E-state index contributed by atoms with van der Waals surface area (Å²) in [5.41, 5.74) is 1.03. The number of carbonyl (C=O) groups excluding carboxylic acids is 1. The van der Waals surface area contributed by atoms with E-state index in [1.807, 2.05) is 12.1 Å². The summed E-state index contributed by atoms with van der Waals surface area (Å²) in [6, 6.07) is 13.2. The molecule has 0 radical (unpaired) electrons. The van der Waals surface area contributed by atoms with E-state index in [0.29, 0.717) is 27.9 Å². The summed E-state index contributed by atoms with van der Waals surface area (Å²) in [6.45, 7) is 0.165. The van der Waals surface area contributed by atoms with Gasteiger partial charge in [-0.3, -0.25) is 4.79 Å². The third-order valence-electron chi connectivity index (χ3n) is 5.01. The molecule has 0 N–H and O–H groups in total. The van der Waals surface area contributed by atoms with Crippen LogP contribution >= 0.6 is 11.6 Å². The lowest BCUT2D eigenvalue weighted by atomic mass is 10.2. The SMILES string of the molecule is CN(C)S(=O)(=O)c1ccc(C(=O)N(Cc2nnc(-c3ccccc3Cl)o2)C2CC2)cc1. The number of benzene rings is 2. The van der Waals surface area contributed by atoms with Crippen molar-refractivity contribution in [2.45, 2.75) is 30.3 Å². The molecular formula is C21H21ClN4O4S. The summed E-state index contributed by atoms with van der Waals surface area (Å²) in [5, 5.41) is 8.63. The first-order valence-corrected chi connectivity index (χ1v) is 11.5. The zero-order valence-electron chi connectivity index (χ0n) is 17.0. The van der Waals surface area contributed by atoms with Crippen molar-refractivity contribution in [2.75, 3.05) is 14.1 Å². The number of nitrogens with zero attached hydrogens (tertiary/aromatic N) is 4. The molecule has 31 heavy (non-hydrogen) atoms. The number of rotatable bonds is 7. The van der Waals surface area contributed by atoms with Crippen LogP contribution < -0.4 is 0 Å². The van der Waals surface area contributed by atoms with Crippen molar-refractivity contribution in [3.8, 4) is 11.5 Å². The first-order valence-electron chi connectivity index (χ1n) is 9.68. The molecule has 0 saturated heterocycles. The maximum atomic E-state index is 13.1. The summed E-state index contributed by atoms with van der Waals surface area (Å²) >= 11 is 6.19. The summed E-state index contributed by atoms with van der Waals surface area (Å²) in [7, 11) is -0.629. The Hall–Kier alpha value is -2.75. The second kappa shape index (κ2) is 8.41. The van der Waals surface area contributed by atoms with E-state index in [1.54, 1.807) is 17.0 Å². The van der Waals surface area contributed by atoms with Crippen LogP contribution in [0.3, 0.4) is 0 Å². The van der Waals surface area contributed by atoms with Crippen LogP contribution in [0.4, 0.5) is 0 Å². The molecule has 2 aromatic carbocycles. The minimum Gasteiger partial charge on any atom is -0.419 e. The lowest BCUT2D eigenvalue weighted by Gasteiger charge is -2.21. The number of hydrogen-bond donors (Lipinski definition) is 0. The highest BCUT2D eigenvalue weighted by Gasteiger charge is 2.34. The molecule has 1 aliphatic carbocycles. The van der Waals surface area contributed by atoms with Gasteiger partial charge in [-0.2, -0.15) is 0 Å². The van der Waals surface area contributed by atoms with E-state index in [1.165, 1.54) is 38.4 Å². The fourth-order valence-electron chi connectivity index (χ4n) is 3.11. The van der Waals surface area contributed by atoms with E-state index >= 15 is 0 Å². The zero-order chi connectivity index (χ0) is 22.2. The third-order valence-corrected chi connectivity index (χ3v) is 7.16. The molecule has 10 heteroatoms. The molecule has 1 fully saturated rings. The molecule has 3 aromatic rings. The van der Waals surface area contributed by atoms with Crippen LogP contribution in [0.15, 0.2) is 57.8 Å². The molecule has 162 valence electrons. The van der Waals surface area contributed by atoms with Crippen molar-refractivity contribution in [3.05, 3.63) is 65.0 Å². The standard InChI is InChI=1S/C21H21ClN4O4S/c1-25(2)31(28,29)16-11-7-14(8-12-16)21(27)26(15-9-10-15)13-19-23-24-20(30-19)17-5-3-4-6-18(17)22/h3-8,11-12,15H,9-10,13H2,1-2H3.